The number of rotatable bonds is 8. The first kappa shape index (κ1) is 16.2. The van der Waals surface area contributed by atoms with Gasteiger partial charge in [-0.25, -0.2) is 0 Å². The van der Waals surface area contributed by atoms with Gasteiger partial charge in [0, 0.05) is 30.4 Å². The first-order valence-electron chi connectivity index (χ1n) is 8.36. The molecule has 1 unspecified atom stereocenters. The third kappa shape index (κ3) is 3.70. The number of hydrogen-bond acceptors (Lipinski definition) is 3. The Balaban J connectivity index is 2.30. The molecular weight excluding hydrogens is 260 g/mol. The van der Waals surface area contributed by atoms with E-state index >= 15 is 0 Å². The Morgan fingerprint density at radius 3 is 2.62 bits per heavy atom. The Labute approximate surface area is 129 Å². The first-order valence-corrected chi connectivity index (χ1v) is 8.36. The lowest BCUT2D eigenvalue weighted by atomic mass is 9.85. The van der Waals surface area contributed by atoms with Gasteiger partial charge in [-0.2, -0.15) is 0 Å². The Bertz CT molecular complexity index is 443. The minimum atomic E-state index is 0.302. The van der Waals surface area contributed by atoms with E-state index in [0.29, 0.717) is 6.04 Å². The highest BCUT2D eigenvalue weighted by Crippen LogP contribution is 2.36. The van der Waals surface area contributed by atoms with E-state index in [2.05, 4.69) is 49.2 Å². The summed E-state index contributed by atoms with van der Waals surface area (Å²) in [5, 5.41) is 3.53. The molecule has 0 aromatic heterocycles. The van der Waals surface area contributed by atoms with Crippen molar-refractivity contribution in [2.24, 2.45) is 5.92 Å². The third-order valence-corrected chi connectivity index (χ3v) is 4.63. The van der Waals surface area contributed by atoms with Gasteiger partial charge < -0.3 is 15.0 Å². The lowest BCUT2D eigenvalue weighted by molar-refractivity contribution is 0.318. The second kappa shape index (κ2) is 7.69. The average molecular weight is 290 g/mol. The smallest absolute Gasteiger partial charge is 0.125 e. The van der Waals surface area contributed by atoms with Gasteiger partial charge in [0.2, 0.25) is 0 Å². The largest absolute Gasteiger partial charge is 0.496 e. The van der Waals surface area contributed by atoms with E-state index in [-0.39, 0.29) is 0 Å². The number of nitrogens with one attached hydrogen (secondary N) is 1. The van der Waals surface area contributed by atoms with Crippen LogP contribution in [-0.2, 0) is 0 Å². The van der Waals surface area contributed by atoms with Crippen LogP contribution in [0, 0.1) is 5.92 Å². The fraction of sp³-hybridized carbons (Fsp3) is 0.667. The zero-order chi connectivity index (χ0) is 15.2. The molecule has 0 aliphatic heterocycles. The standard InChI is InChI=1S/C18H30N2O/c1-5-19-14(3)18-16(11-8-12-17(18)21-4)20(6-2)13-15-9-7-10-15/h8,11-12,14-15,19H,5-7,9-10,13H2,1-4H3. The number of benzene rings is 1. The highest BCUT2D eigenvalue weighted by atomic mass is 16.5. The van der Waals surface area contributed by atoms with E-state index in [1.165, 1.54) is 37.1 Å². The van der Waals surface area contributed by atoms with Crippen molar-refractivity contribution >= 4 is 5.69 Å². The molecule has 1 aromatic rings. The average Bonchev–Trinajstić information content (AvgIpc) is 2.46. The van der Waals surface area contributed by atoms with Crippen molar-refractivity contribution in [3.8, 4) is 5.75 Å². The summed E-state index contributed by atoms with van der Waals surface area (Å²) >= 11 is 0. The summed E-state index contributed by atoms with van der Waals surface area (Å²) < 4.78 is 5.63. The number of nitrogens with zero attached hydrogens (tertiary/aromatic N) is 1. The summed E-state index contributed by atoms with van der Waals surface area (Å²) in [7, 11) is 1.77. The molecule has 21 heavy (non-hydrogen) atoms. The summed E-state index contributed by atoms with van der Waals surface area (Å²) in [4.78, 5) is 2.52. The van der Waals surface area contributed by atoms with Crippen LogP contribution in [0.2, 0.25) is 0 Å². The molecule has 0 bridgehead atoms. The van der Waals surface area contributed by atoms with Gasteiger partial charge in [0.25, 0.3) is 0 Å². The molecule has 1 aromatic carbocycles. The maximum Gasteiger partial charge on any atom is 0.125 e. The zero-order valence-corrected chi connectivity index (χ0v) is 14.0. The fourth-order valence-corrected chi connectivity index (χ4v) is 3.21. The Hall–Kier alpha value is -1.22. The van der Waals surface area contributed by atoms with Crippen molar-refractivity contribution in [3.05, 3.63) is 23.8 Å². The molecule has 0 radical (unpaired) electrons. The Morgan fingerprint density at radius 1 is 1.33 bits per heavy atom. The van der Waals surface area contributed by atoms with Gasteiger partial charge in [-0.15, -0.1) is 0 Å². The first-order chi connectivity index (χ1) is 10.2. The van der Waals surface area contributed by atoms with Crippen molar-refractivity contribution in [1.29, 1.82) is 0 Å². The van der Waals surface area contributed by atoms with Crippen LogP contribution in [0.25, 0.3) is 0 Å². The van der Waals surface area contributed by atoms with E-state index < -0.39 is 0 Å². The minimum Gasteiger partial charge on any atom is -0.496 e. The molecule has 1 atom stereocenters. The van der Waals surface area contributed by atoms with Crippen molar-refractivity contribution in [2.75, 3.05) is 31.6 Å². The van der Waals surface area contributed by atoms with Crippen molar-refractivity contribution in [1.82, 2.24) is 5.32 Å². The zero-order valence-electron chi connectivity index (χ0n) is 14.0. The van der Waals surface area contributed by atoms with E-state index in [0.717, 1.165) is 24.8 Å². The lowest BCUT2D eigenvalue weighted by Gasteiger charge is -2.35. The Morgan fingerprint density at radius 2 is 2.10 bits per heavy atom. The molecule has 1 aliphatic rings. The lowest BCUT2D eigenvalue weighted by Crippen LogP contribution is -2.34. The summed E-state index contributed by atoms with van der Waals surface area (Å²) in [6.07, 6.45) is 4.18. The second-order valence-corrected chi connectivity index (χ2v) is 6.01. The van der Waals surface area contributed by atoms with Gasteiger partial charge >= 0.3 is 0 Å². The van der Waals surface area contributed by atoms with Gasteiger partial charge in [-0.05, 0) is 51.3 Å². The van der Waals surface area contributed by atoms with Crippen LogP contribution in [0.3, 0.4) is 0 Å². The van der Waals surface area contributed by atoms with Crippen LogP contribution < -0.4 is 15.0 Å². The van der Waals surface area contributed by atoms with Crippen LogP contribution in [0.4, 0.5) is 5.69 Å². The van der Waals surface area contributed by atoms with E-state index in [4.69, 9.17) is 4.74 Å². The van der Waals surface area contributed by atoms with Crippen molar-refractivity contribution in [3.63, 3.8) is 0 Å². The summed E-state index contributed by atoms with van der Waals surface area (Å²) in [6, 6.07) is 6.73. The van der Waals surface area contributed by atoms with Crippen LogP contribution in [0.1, 0.15) is 51.6 Å². The summed E-state index contributed by atoms with van der Waals surface area (Å²) in [6.45, 7) is 9.82. The molecule has 2 rings (SSSR count). The maximum absolute atomic E-state index is 5.63. The molecule has 1 aliphatic carbocycles. The van der Waals surface area contributed by atoms with E-state index in [9.17, 15) is 0 Å². The van der Waals surface area contributed by atoms with Crippen LogP contribution >= 0.6 is 0 Å². The molecule has 3 heteroatoms. The molecular formula is C18H30N2O. The molecule has 0 heterocycles. The molecule has 118 valence electrons. The quantitative estimate of drug-likeness (QED) is 0.783. The van der Waals surface area contributed by atoms with Crippen molar-refractivity contribution < 1.29 is 4.74 Å². The molecule has 0 spiro atoms. The molecule has 1 N–H and O–H groups in total. The topological polar surface area (TPSA) is 24.5 Å². The van der Waals surface area contributed by atoms with Gasteiger partial charge in [0.05, 0.1) is 7.11 Å². The number of hydrogen-bond donors (Lipinski definition) is 1. The molecule has 1 fully saturated rings. The van der Waals surface area contributed by atoms with Crippen LogP contribution in [0.15, 0.2) is 18.2 Å². The van der Waals surface area contributed by atoms with E-state index in [1.807, 2.05) is 0 Å². The molecule has 1 saturated carbocycles. The Kier molecular flexibility index (Phi) is 5.92. The number of anilines is 1. The minimum absolute atomic E-state index is 0.302. The normalized spacial score (nSPS) is 16.4. The van der Waals surface area contributed by atoms with Gasteiger partial charge in [-0.1, -0.05) is 19.4 Å². The highest BCUT2D eigenvalue weighted by molar-refractivity contribution is 5.61. The van der Waals surface area contributed by atoms with E-state index in [1.54, 1.807) is 7.11 Å². The van der Waals surface area contributed by atoms with Crippen LogP contribution in [-0.4, -0.2) is 26.7 Å². The third-order valence-electron chi connectivity index (χ3n) is 4.63. The summed E-state index contributed by atoms with van der Waals surface area (Å²) in [5.74, 6) is 1.87. The number of methoxy groups -OCH3 is 1. The SMILES string of the molecule is CCNC(C)c1c(OC)cccc1N(CC)CC1CCC1. The van der Waals surface area contributed by atoms with Gasteiger partial charge in [0.15, 0.2) is 0 Å². The molecule has 3 nitrogen and oxygen atoms in total. The highest BCUT2D eigenvalue weighted by Gasteiger charge is 2.24. The second-order valence-electron chi connectivity index (χ2n) is 6.01. The monoisotopic (exact) mass is 290 g/mol. The predicted molar refractivity (Wildman–Crippen MR) is 90.3 cm³/mol. The fourth-order valence-electron chi connectivity index (χ4n) is 3.21. The van der Waals surface area contributed by atoms with Gasteiger partial charge in [0.1, 0.15) is 5.75 Å². The number of ether oxygens (including phenoxy) is 1. The summed E-state index contributed by atoms with van der Waals surface area (Å²) in [5.41, 5.74) is 2.63. The molecule has 0 amide bonds. The van der Waals surface area contributed by atoms with Gasteiger partial charge in [-0.3, -0.25) is 0 Å². The van der Waals surface area contributed by atoms with Crippen LogP contribution in [0.5, 0.6) is 5.75 Å². The van der Waals surface area contributed by atoms with Crippen molar-refractivity contribution in [2.45, 2.75) is 46.1 Å². The molecule has 0 saturated heterocycles. The predicted octanol–water partition coefficient (Wildman–Crippen LogP) is 3.99. The maximum atomic E-state index is 5.63.